The van der Waals surface area contributed by atoms with Gasteiger partial charge in [-0.1, -0.05) is 36.8 Å². The van der Waals surface area contributed by atoms with E-state index < -0.39 is 12.6 Å². The first kappa shape index (κ1) is 17.0. The third kappa shape index (κ3) is 5.92. The van der Waals surface area contributed by atoms with Crippen LogP contribution >= 0.6 is 0 Å². The summed E-state index contributed by atoms with van der Waals surface area (Å²) >= 11 is 0. The van der Waals surface area contributed by atoms with Crippen molar-refractivity contribution in [2.75, 3.05) is 13.2 Å². The van der Waals surface area contributed by atoms with Gasteiger partial charge in [-0.3, -0.25) is 0 Å². The molecule has 1 aromatic rings. The van der Waals surface area contributed by atoms with E-state index in [0.717, 1.165) is 17.7 Å². The van der Waals surface area contributed by atoms with E-state index in [0.29, 0.717) is 0 Å². The molecule has 0 spiro atoms. The summed E-state index contributed by atoms with van der Waals surface area (Å²) in [4.78, 5) is 0. The van der Waals surface area contributed by atoms with E-state index in [1.54, 1.807) is 6.92 Å². The van der Waals surface area contributed by atoms with E-state index in [1.165, 1.54) is 0 Å². The topological polar surface area (TPSA) is 21.3 Å². The van der Waals surface area contributed by atoms with Crippen molar-refractivity contribution in [1.29, 1.82) is 0 Å². The second-order valence-electron chi connectivity index (χ2n) is 4.89. The molecule has 114 valence electrons. The summed E-state index contributed by atoms with van der Waals surface area (Å²) < 4.78 is 41.7. The lowest BCUT2D eigenvalue weighted by Gasteiger charge is -2.26. The molecule has 0 aliphatic carbocycles. The van der Waals surface area contributed by atoms with Crippen LogP contribution in [0.4, 0.5) is 13.2 Å². The largest absolute Gasteiger partial charge is 0.391 e. The molecule has 1 rings (SSSR count). The Labute approximate surface area is 118 Å². The normalized spacial score (nSPS) is 15.1. The van der Waals surface area contributed by atoms with Crippen molar-refractivity contribution in [1.82, 2.24) is 5.32 Å². The van der Waals surface area contributed by atoms with Crippen LogP contribution in [0.1, 0.15) is 37.4 Å². The number of ether oxygens (including phenoxy) is 1. The predicted molar refractivity (Wildman–Crippen MR) is 73.7 cm³/mol. The zero-order valence-corrected chi connectivity index (χ0v) is 12.1. The molecule has 20 heavy (non-hydrogen) atoms. The van der Waals surface area contributed by atoms with E-state index in [1.807, 2.05) is 38.1 Å². The summed E-state index contributed by atoms with van der Waals surface area (Å²) in [6, 6.07) is 7.83. The molecule has 0 radical (unpaired) electrons. The van der Waals surface area contributed by atoms with Crippen LogP contribution in [0.2, 0.25) is 0 Å². The molecule has 0 saturated heterocycles. The van der Waals surface area contributed by atoms with E-state index >= 15 is 0 Å². The van der Waals surface area contributed by atoms with Crippen LogP contribution in [0.3, 0.4) is 0 Å². The van der Waals surface area contributed by atoms with Gasteiger partial charge in [-0.25, -0.2) is 0 Å². The number of hydrogen-bond donors (Lipinski definition) is 1. The number of likely N-dealkylation sites (N-methyl/N-ethyl adjacent to an activating group) is 1. The minimum Gasteiger partial charge on any atom is -0.376 e. The summed E-state index contributed by atoms with van der Waals surface area (Å²) in [5.74, 6) is 0. The van der Waals surface area contributed by atoms with Crippen molar-refractivity contribution in [2.24, 2.45) is 0 Å². The third-order valence-corrected chi connectivity index (χ3v) is 3.10. The number of benzene rings is 1. The summed E-state index contributed by atoms with van der Waals surface area (Å²) in [6.45, 7) is 6.17. The Kier molecular flexibility index (Phi) is 6.49. The Balaban J connectivity index is 2.63. The van der Waals surface area contributed by atoms with Crippen LogP contribution in [0.15, 0.2) is 24.3 Å². The molecule has 0 aliphatic rings. The number of alkyl halides is 3. The standard InChI is InChI=1S/C15H22F3NO/c1-4-19-14(13-7-5-11(2)6-8-13)12(3)20-10-9-15(16,17)18/h5-8,12,14,19H,4,9-10H2,1-3H3. The Morgan fingerprint density at radius 2 is 1.80 bits per heavy atom. The minimum atomic E-state index is -4.17. The van der Waals surface area contributed by atoms with Crippen LogP contribution in [-0.2, 0) is 4.74 Å². The van der Waals surface area contributed by atoms with Crippen LogP contribution in [0, 0.1) is 6.92 Å². The predicted octanol–water partition coefficient (Wildman–Crippen LogP) is 4.00. The first-order valence-corrected chi connectivity index (χ1v) is 6.81. The maximum atomic E-state index is 12.1. The molecule has 2 unspecified atom stereocenters. The summed E-state index contributed by atoms with van der Waals surface area (Å²) in [5.41, 5.74) is 2.17. The van der Waals surface area contributed by atoms with Crippen LogP contribution in [0.25, 0.3) is 0 Å². The number of nitrogens with one attached hydrogen (secondary N) is 1. The van der Waals surface area contributed by atoms with Gasteiger partial charge >= 0.3 is 6.18 Å². The fourth-order valence-corrected chi connectivity index (χ4v) is 2.01. The highest BCUT2D eigenvalue weighted by Crippen LogP contribution is 2.23. The highest BCUT2D eigenvalue weighted by Gasteiger charge is 2.28. The first-order chi connectivity index (χ1) is 9.33. The molecule has 1 N–H and O–H groups in total. The molecule has 0 aliphatic heterocycles. The van der Waals surface area contributed by atoms with E-state index in [4.69, 9.17) is 4.74 Å². The molecule has 0 amide bonds. The van der Waals surface area contributed by atoms with Gasteiger partial charge in [0, 0.05) is 0 Å². The van der Waals surface area contributed by atoms with Crippen molar-refractivity contribution in [3.05, 3.63) is 35.4 Å². The molecule has 1 aromatic carbocycles. The maximum Gasteiger partial charge on any atom is 0.391 e. The smallest absolute Gasteiger partial charge is 0.376 e. The molecule has 0 aromatic heterocycles. The summed E-state index contributed by atoms with van der Waals surface area (Å²) in [6.07, 6.45) is -5.40. The van der Waals surface area contributed by atoms with Gasteiger partial charge in [0.1, 0.15) is 0 Å². The van der Waals surface area contributed by atoms with Crippen LogP contribution in [-0.4, -0.2) is 25.4 Å². The van der Waals surface area contributed by atoms with Crippen molar-refractivity contribution in [3.8, 4) is 0 Å². The molecule has 0 heterocycles. The van der Waals surface area contributed by atoms with Gasteiger partial charge in [-0.15, -0.1) is 0 Å². The van der Waals surface area contributed by atoms with Gasteiger partial charge in [0.2, 0.25) is 0 Å². The van der Waals surface area contributed by atoms with Gasteiger partial charge in [0.25, 0.3) is 0 Å². The first-order valence-electron chi connectivity index (χ1n) is 6.81. The van der Waals surface area contributed by atoms with Crippen molar-refractivity contribution < 1.29 is 17.9 Å². The Bertz CT molecular complexity index is 389. The van der Waals surface area contributed by atoms with Gasteiger partial charge in [-0.05, 0) is 26.0 Å². The fraction of sp³-hybridized carbons (Fsp3) is 0.600. The summed E-state index contributed by atoms with van der Waals surface area (Å²) in [7, 11) is 0. The van der Waals surface area contributed by atoms with Crippen LogP contribution in [0.5, 0.6) is 0 Å². The van der Waals surface area contributed by atoms with Crippen LogP contribution < -0.4 is 5.32 Å². The van der Waals surface area contributed by atoms with Gasteiger partial charge in [-0.2, -0.15) is 13.2 Å². The lowest BCUT2D eigenvalue weighted by molar-refractivity contribution is -0.149. The molecule has 0 fully saturated rings. The van der Waals surface area contributed by atoms with E-state index in [-0.39, 0.29) is 18.8 Å². The maximum absolute atomic E-state index is 12.1. The Morgan fingerprint density at radius 1 is 1.20 bits per heavy atom. The fourth-order valence-electron chi connectivity index (χ4n) is 2.01. The SMILES string of the molecule is CCNC(c1ccc(C)cc1)C(C)OCCC(F)(F)F. The lowest BCUT2D eigenvalue weighted by Crippen LogP contribution is -2.32. The minimum absolute atomic E-state index is 0.103. The molecular formula is C15H22F3NO. The quantitative estimate of drug-likeness (QED) is 0.819. The van der Waals surface area contributed by atoms with Gasteiger partial charge in [0.15, 0.2) is 0 Å². The number of rotatable bonds is 7. The van der Waals surface area contributed by atoms with Gasteiger partial charge < -0.3 is 10.1 Å². The average Bonchev–Trinajstić information content (AvgIpc) is 2.35. The number of aryl methyl sites for hydroxylation is 1. The van der Waals surface area contributed by atoms with Gasteiger partial charge in [0.05, 0.1) is 25.2 Å². The second kappa shape index (κ2) is 7.64. The highest BCUT2D eigenvalue weighted by molar-refractivity contribution is 5.24. The zero-order chi connectivity index (χ0) is 15.2. The highest BCUT2D eigenvalue weighted by atomic mass is 19.4. The summed E-state index contributed by atoms with van der Waals surface area (Å²) in [5, 5.41) is 3.26. The monoisotopic (exact) mass is 289 g/mol. The number of hydrogen-bond acceptors (Lipinski definition) is 2. The van der Waals surface area contributed by atoms with E-state index in [9.17, 15) is 13.2 Å². The molecule has 5 heteroatoms. The number of halogens is 3. The molecule has 0 bridgehead atoms. The van der Waals surface area contributed by atoms with Crippen molar-refractivity contribution in [2.45, 2.75) is 45.5 Å². The Hall–Kier alpha value is -1.07. The van der Waals surface area contributed by atoms with Crippen molar-refractivity contribution in [3.63, 3.8) is 0 Å². The third-order valence-electron chi connectivity index (χ3n) is 3.10. The Morgan fingerprint density at radius 3 is 2.30 bits per heavy atom. The molecule has 2 atom stereocenters. The lowest BCUT2D eigenvalue weighted by atomic mass is 10.0. The zero-order valence-electron chi connectivity index (χ0n) is 12.1. The average molecular weight is 289 g/mol. The molecular weight excluding hydrogens is 267 g/mol. The molecule has 2 nitrogen and oxygen atoms in total. The second-order valence-corrected chi connectivity index (χ2v) is 4.89. The molecule has 0 saturated carbocycles. The van der Waals surface area contributed by atoms with Crippen molar-refractivity contribution >= 4 is 0 Å². The van der Waals surface area contributed by atoms with E-state index in [2.05, 4.69) is 5.32 Å².